The molecule has 1 aliphatic heterocycles. The van der Waals surface area contributed by atoms with Gasteiger partial charge in [-0.2, -0.15) is 0 Å². The normalized spacial score (nSPS) is 17.6. The van der Waals surface area contributed by atoms with E-state index in [2.05, 4.69) is 11.4 Å². The maximum Gasteiger partial charge on any atom is 0.240 e. The third-order valence-electron chi connectivity index (χ3n) is 4.17. The van der Waals surface area contributed by atoms with Crippen LogP contribution < -0.4 is 11.1 Å². The molecule has 0 aromatic heterocycles. The molecule has 5 heteroatoms. The van der Waals surface area contributed by atoms with Gasteiger partial charge in [0.25, 0.3) is 0 Å². The summed E-state index contributed by atoms with van der Waals surface area (Å²) < 4.78 is 0. The quantitative estimate of drug-likeness (QED) is 0.877. The van der Waals surface area contributed by atoms with Gasteiger partial charge in [0.2, 0.25) is 11.8 Å². The Bertz CT molecular complexity index is 733. The van der Waals surface area contributed by atoms with E-state index in [0.717, 1.165) is 23.3 Å². The second-order valence-corrected chi connectivity index (χ2v) is 7.07. The van der Waals surface area contributed by atoms with Crippen LogP contribution in [0.4, 0.5) is 0 Å². The zero-order chi connectivity index (χ0) is 16.9. The minimum atomic E-state index is -0.699. The Morgan fingerprint density at radius 2 is 1.83 bits per heavy atom. The van der Waals surface area contributed by atoms with Gasteiger partial charge in [-0.05, 0) is 28.9 Å². The highest BCUT2D eigenvalue weighted by molar-refractivity contribution is 8.00. The average Bonchev–Trinajstić information content (AvgIpc) is 2.61. The van der Waals surface area contributed by atoms with Gasteiger partial charge in [-0.25, -0.2) is 0 Å². The number of rotatable bonds is 5. The molecule has 2 atom stereocenters. The van der Waals surface area contributed by atoms with E-state index >= 15 is 0 Å². The molecule has 0 unspecified atom stereocenters. The first-order valence-electron chi connectivity index (χ1n) is 7.98. The van der Waals surface area contributed by atoms with Gasteiger partial charge in [-0.1, -0.05) is 54.6 Å². The molecule has 2 aromatic carbocycles. The fourth-order valence-electron chi connectivity index (χ4n) is 2.93. The zero-order valence-electron chi connectivity index (χ0n) is 13.3. The number of hydrogen-bond donors (Lipinski definition) is 2. The molecule has 2 aromatic rings. The monoisotopic (exact) mass is 340 g/mol. The third kappa shape index (κ3) is 3.79. The van der Waals surface area contributed by atoms with Gasteiger partial charge in [0.05, 0.1) is 0 Å². The number of hydrogen-bond acceptors (Lipinski definition) is 3. The number of thioether (sulfide) groups is 1. The summed E-state index contributed by atoms with van der Waals surface area (Å²) in [5, 5.41) is 2.56. The van der Waals surface area contributed by atoms with E-state index in [9.17, 15) is 9.59 Å². The maximum atomic E-state index is 12.7. The fraction of sp³-hybridized carbons (Fsp3) is 0.263. The van der Waals surface area contributed by atoms with Crippen LogP contribution in [0.2, 0.25) is 0 Å². The van der Waals surface area contributed by atoms with Crippen LogP contribution in [0.3, 0.4) is 0 Å². The smallest absolute Gasteiger partial charge is 0.240 e. The molecule has 3 N–H and O–H groups in total. The van der Waals surface area contributed by atoms with Gasteiger partial charge < -0.3 is 11.1 Å². The molecule has 0 fully saturated rings. The highest BCUT2D eigenvalue weighted by Crippen LogP contribution is 2.36. The van der Waals surface area contributed by atoms with Crippen LogP contribution in [-0.4, -0.2) is 23.6 Å². The summed E-state index contributed by atoms with van der Waals surface area (Å²) in [7, 11) is 0. The standard InChI is InChI=1S/C19H20N2O2S/c20-18(22)16(12-13-6-2-1-3-7-13)21-19(23)17-15-9-5-4-8-14(15)10-11-24-17/h1-9,16-17H,10-12H2,(H2,20,22)(H,21,23)/t16-,17+/m1/s1. The molecule has 4 nitrogen and oxygen atoms in total. The van der Waals surface area contributed by atoms with Crippen molar-refractivity contribution in [1.82, 2.24) is 5.32 Å². The van der Waals surface area contributed by atoms with Crippen LogP contribution in [0.1, 0.15) is 21.9 Å². The summed E-state index contributed by atoms with van der Waals surface area (Å²) in [6.07, 6.45) is 1.37. The summed E-state index contributed by atoms with van der Waals surface area (Å²) in [6, 6.07) is 16.9. The summed E-state index contributed by atoms with van der Waals surface area (Å²) in [5.74, 6) is 0.239. The molecular weight excluding hydrogens is 320 g/mol. The van der Waals surface area contributed by atoms with Gasteiger partial charge in [0.1, 0.15) is 11.3 Å². The van der Waals surface area contributed by atoms with E-state index in [0.29, 0.717) is 6.42 Å². The molecule has 0 radical (unpaired) electrons. The summed E-state index contributed by atoms with van der Waals surface area (Å²) in [6.45, 7) is 0. The predicted octanol–water partition coefficient (Wildman–Crippen LogP) is 2.23. The number of benzene rings is 2. The highest BCUT2D eigenvalue weighted by Gasteiger charge is 2.29. The molecule has 0 bridgehead atoms. The second kappa shape index (κ2) is 7.53. The van der Waals surface area contributed by atoms with Crippen molar-refractivity contribution >= 4 is 23.6 Å². The van der Waals surface area contributed by atoms with Crippen molar-refractivity contribution in [2.24, 2.45) is 5.73 Å². The highest BCUT2D eigenvalue weighted by atomic mass is 32.2. The Morgan fingerprint density at radius 1 is 1.12 bits per heavy atom. The van der Waals surface area contributed by atoms with Gasteiger partial charge in [0, 0.05) is 6.42 Å². The molecule has 24 heavy (non-hydrogen) atoms. The first kappa shape index (κ1) is 16.6. The fourth-order valence-corrected chi connectivity index (χ4v) is 4.13. The largest absolute Gasteiger partial charge is 0.368 e. The number of carbonyl (C=O) groups excluding carboxylic acids is 2. The van der Waals surface area contributed by atoms with Crippen LogP contribution in [0.25, 0.3) is 0 Å². The lowest BCUT2D eigenvalue weighted by molar-refractivity contribution is -0.127. The van der Waals surface area contributed by atoms with Crippen molar-refractivity contribution in [3.05, 3.63) is 71.3 Å². The van der Waals surface area contributed by atoms with E-state index in [1.54, 1.807) is 11.8 Å². The Morgan fingerprint density at radius 3 is 2.58 bits per heavy atom. The van der Waals surface area contributed by atoms with Crippen LogP contribution in [0.5, 0.6) is 0 Å². The Kier molecular flexibility index (Phi) is 5.20. The lowest BCUT2D eigenvalue weighted by atomic mass is 10.0. The van der Waals surface area contributed by atoms with Crippen molar-refractivity contribution in [2.45, 2.75) is 24.1 Å². The third-order valence-corrected chi connectivity index (χ3v) is 5.42. The molecule has 1 aliphatic rings. The first-order chi connectivity index (χ1) is 11.6. The topological polar surface area (TPSA) is 72.2 Å². The number of primary amides is 1. The molecule has 0 aliphatic carbocycles. The SMILES string of the molecule is NC(=O)[C@@H](Cc1ccccc1)NC(=O)[C@H]1SCCc2ccccc21. The second-order valence-electron chi connectivity index (χ2n) is 5.85. The molecule has 1 heterocycles. The number of aryl methyl sites for hydroxylation is 1. The summed E-state index contributed by atoms with van der Waals surface area (Å²) in [5.41, 5.74) is 8.71. The first-order valence-corrected chi connectivity index (χ1v) is 9.03. The molecule has 0 saturated heterocycles. The van der Waals surface area contributed by atoms with Gasteiger partial charge in [-0.15, -0.1) is 11.8 Å². The van der Waals surface area contributed by atoms with Crippen LogP contribution in [-0.2, 0) is 22.4 Å². The minimum absolute atomic E-state index is 0.146. The molecule has 0 saturated carbocycles. The number of nitrogens with two attached hydrogens (primary N) is 1. The van der Waals surface area contributed by atoms with Gasteiger partial charge in [-0.3, -0.25) is 9.59 Å². The van der Waals surface area contributed by atoms with Gasteiger partial charge >= 0.3 is 0 Å². The number of fused-ring (bicyclic) bond motifs is 1. The van der Waals surface area contributed by atoms with Crippen molar-refractivity contribution in [3.8, 4) is 0 Å². The van der Waals surface area contributed by atoms with Crippen LogP contribution >= 0.6 is 11.8 Å². The molecule has 0 spiro atoms. The Hall–Kier alpha value is -2.27. The predicted molar refractivity (Wildman–Crippen MR) is 96.6 cm³/mol. The number of carbonyl (C=O) groups is 2. The lowest BCUT2D eigenvalue weighted by Gasteiger charge is -2.26. The molecule has 124 valence electrons. The number of nitrogens with one attached hydrogen (secondary N) is 1. The van der Waals surface area contributed by atoms with Crippen molar-refractivity contribution in [3.63, 3.8) is 0 Å². The van der Waals surface area contributed by atoms with E-state index < -0.39 is 11.9 Å². The van der Waals surface area contributed by atoms with Crippen molar-refractivity contribution in [1.29, 1.82) is 0 Å². The van der Waals surface area contributed by atoms with Crippen LogP contribution in [0.15, 0.2) is 54.6 Å². The Balaban J connectivity index is 1.74. The van der Waals surface area contributed by atoms with Crippen molar-refractivity contribution in [2.75, 3.05) is 5.75 Å². The Labute approximate surface area is 145 Å². The summed E-state index contributed by atoms with van der Waals surface area (Å²) >= 11 is 1.61. The van der Waals surface area contributed by atoms with Crippen LogP contribution in [0, 0.1) is 0 Å². The van der Waals surface area contributed by atoms with E-state index in [1.165, 1.54) is 5.56 Å². The number of amides is 2. The van der Waals surface area contributed by atoms with Crippen molar-refractivity contribution < 1.29 is 9.59 Å². The van der Waals surface area contributed by atoms with Gasteiger partial charge in [0.15, 0.2) is 0 Å². The lowest BCUT2D eigenvalue weighted by Crippen LogP contribution is -2.47. The average molecular weight is 340 g/mol. The molecule has 2 amide bonds. The summed E-state index contributed by atoms with van der Waals surface area (Å²) in [4.78, 5) is 24.5. The maximum absolute atomic E-state index is 12.7. The zero-order valence-corrected chi connectivity index (χ0v) is 14.1. The van der Waals surface area contributed by atoms with E-state index in [1.807, 2.05) is 48.5 Å². The minimum Gasteiger partial charge on any atom is -0.368 e. The molecular formula is C19H20N2O2S. The molecule has 3 rings (SSSR count). The van der Waals surface area contributed by atoms with E-state index in [-0.39, 0.29) is 11.2 Å². The van der Waals surface area contributed by atoms with E-state index in [4.69, 9.17) is 5.73 Å².